The van der Waals surface area contributed by atoms with Crippen molar-refractivity contribution in [1.82, 2.24) is 29.9 Å². The van der Waals surface area contributed by atoms with E-state index in [0.29, 0.717) is 50.3 Å². The maximum Gasteiger partial charge on any atom is 0.414 e. The van der Waals surface area contributed by atoms with Crippen molar-refractivity contribution < 1.29 is 37.4 Å². The number of hydrogen-bond acceptors (Lipinski definition) is 10. The number of rotatable bonds is 9. The van der Waals surface area contributed by atoms with Crippen molar-refractivity contribution in [2.45, 2.75) is 32.8 Å². The van der Waals surface area contributed by atoms with E-state index in [2.05, 4.69) is 39.2 Å². The zero-order valence-electron chi connectivity index (χ0n) is 27.4. The highest BCUT2D eigenvalue weighted by atomic mass is 19.1. The second-order valence-electron chi connectivity index (χ2n) is 10.3. The van der Waals surface area contributed by atoms with E-state index < -0.39 is 23.8 Å². The maximum absolute atomic E-state index is 14.7. The molecule has 2 aliphatic rings. The van der Waals surface area contributed by atoms with Crippen molar-refractivity contribution in [1.29, 1.82) is 0 Å². The Morgan fingerprint density at radius 2 is 1.74 bits per heavy atom. The van der Waals surface area contributed by atoms with E-state index in [0.717, 1.165) is 17.0 Å². The fraction of sp³-hybridized carbons (Fsp3) is 0.484. The molecule has 3 amide bonds. The number of aldehydes is 1. The summed E-state index contributed by atoms with van der Waals surface area (Å²) in [5, 5.41) is 5.19. The maximum atomic E-state index is 14.7. The lowest BCUT2D eigenvalue weighted by molar-refractivity contribution is -0.130. The third kappa shape index (κ3) is 11.6. The Bertz CT molecular complexity index is 1380. The number of halogens is 2. The average molecular weight is 663 g/mol. The molecule has 1 atom stereocenters. The van der Waals surface area contributed by atoms with Crippen LogP contribution in [0.3, 0.4) is 0 Å². The van der Waals surface area contributed by atoms with Gasteiger partial charge in [0.25, 0.3) is 0 Å². The molecule has 2 saturated heterocycles. The summed E-state index contributed by atoms with van der Waals surface area (Å²) in [6.45, 7) is 6.10. The van der Waals surface area contributed by atoms with Gasteiger partial charge in [0.1, 0.15) is 17.5 Å². The van der Waals surface area contributed by atoms with E-state index in [9.17, 15) is 28.0 Å². The number of piperazine rings is 1. The highest BCUT2D eigenvalue weighted by molar-refractivity contribution is 5.90. The third-order valence-electron chi connectivity index (χ3n) is 6.77. The Labute approximate surface area is 273 Å². The summed E-state index contributed by atoms with van der Waals surface area (Å²) in [5.41, 5.74) is 0.273. The Kier molecular flexibility index (Phi) is 16.7. The number of anilines is 2. The van der Waals surface area contributed by atoms with Crippen LogP contribution in [0.25, 0.3) is 5.78 Å². The minimum atomic E-state index is -0.794. The molecule has 258 valence electrons. The minimum Gasteiger partial charge on any atom is -0.442 e. The monoisotopic (exact) mass is 662 g/mol. The van der Waals surface area contributed by atoms with E-state index in [4.69, 9.17) is 4.74 Å². The number of imidazole rings is 1. The lowest BCUT2D eigenvalue weighted by Crippen LogP contribution is -2.51. The number of ether oxygens (including phenoxy) is 2. The first kappa shape index (κ1) is 38.5. The van der Waals surface area contributed by atoms with E-state index in [1.54, 1.807) is 60.1 Å². The van der Waals surface area contributed by atoms with E-state index >= 15 is 0 Å². The number of methoxy groups -OCH3 is 1. The summed E-state index contributed by atoms with van der Waals surface area (Å²) in [6.07, 6.45) is 7.56. The van der Waals surface area contributed by atoms with Crippen LogP contribution in [0.5, 0.6) is 0 Å². The van der Waals surface area contributed by atoms with Gasteiger partial charge in [0.15, 0.2) is 17.9 Å². The van der Waals surface area contributed by atoms with Gasteiger partial charge in [-0.1, -0.05) is 26.7 Å². The van der Waals surface area contributed by atoms with Gasteiger partial charge >= 0.3 is 6.09 Å². The summed E-state index contributed by atoms with van der Waals surface area (Å²) < 4.78 is 40.5. The fourth-order valence-electron chi connectivity index (χ4n) is 4.38. The summed E-state index contributed by atoms with van der Waals surface area (Å²) in [4.78, 5) is 56.7. The van der Waals surface area contributed by atoms with Crippen molar-refractivity contribution in [3.8, 4) is 0 Å². The largest absolute Gasteiger partial charge is 0.442 e. The van der Waals surface area contributed by atoms with Crippen LogP contribution in [-0.4, -0.2) is 117 Å². The molecule has 0 radical (unpaired) electrons. The average Bonchev–Trinajstić information content (AvgIpc) is 3.67. The van der Waals surface area contributed by atoms with Crippen LogP contribution >= 0.6 is 0 Å². The molecule has 1 aromatic carbocycles. The van der Waals surface area contributed by atoms with E-state index in [1.807, 2.05) is 0 Å². The molecule has 0 aliphatic carbocycles. The van der Waals surface area contributed by atoms with E-state index in [-0.39, 0.29) is 36.9 Å². The van der Waals surface area contributed by atoms with E-state index in [1.165, 1.54) is 12.8 Å². The van der Waals surface area contributed by atoms with Crippen molar-refractivity contribution >= 4 is 41.8 Å². The number of carbonyl (C=O) groups is 4. The van der Waals surface area contributed by atoms with Gasteiger partial charge in [0.05, 0.1) is 25.3 Å². The highest BCUT2D eigenvalue weighted by Gasteiger charge is 2.34. The van der Waals surface area contributed by atoms with Gasteiger partial charge in [-0.05, 0) is 13.1 Å². The Balaban J connectivity index is 0.000000347. The van der Waals surface area contributed by atoms with Crippen LogP contribution in [0.15, 0.2) is 36.8 Å². The second kappa shape index (κ2) is 20.4. The molecule has 2 fully saturated rings. The molecule has 47 heavy (non-hydrogen) atoms. The van der Waals surface area contributed by atoms with Crippen LogP contribution in [0.4, 0.5) is 25.0 Å². The van der Waals surface area contributed by atoms with Crippen LogP contribution in [0.2, 0.25) is 0 Å². The number of unbranched alkanes of at least 4 members (excludes halogenated alkanes) is 1. The molecule has 2 N–H and O–H groups in total. The zero-order chi connectivity index (χ0) is 34.8. The standard InChI is InChI=1S/C18H23F2N5O4.C7H5N3O.C4H10.C2H6O/c1-21-9-16(27)23-2-4-24(5-3-23)17-14(19)6-12(7-15(17)20)25-10-13(8-22-11-26)29-18(25)28;11-5-6-4-10-3-1-2-8-7(10)9-6;1-3-4-2;1-3-2/h6-7,11,13,21H,2-5,8-10H2,1H3,(H,22,26);1-5H;3-4H2,1-2H3;1-2H3. The number of nitrogens with zero attached hydrogens (tertiary/aromatic N) is 6. The van der Waals surface area contributed by atoms with Gasteiger partial charge < -0.3 is 29.9 Å². The van der Waals surface area contributed by atoms with Gasteiger partial charge in [-0.25, -0.2) is 23.5 Å². The van der Waals surface area contributed by atoms with Gasteiger partial charge in [-0.2, -0.15) is 0 Å². The Morgan fingerprint density at radius 3 is 2.28 bits per heavy atom. The Hall–Kier alpha value is -4.70. The zero-order valence-corrected chi connectivity index (χ0v) is 27.4. The predicted octanol–water partition coefficient (Wildman–Crippen LogP) is 2.51. The molecule has 2 aromatic heterocycles. The number of carbonyl (C=O) groups excluding carboxylic acids is 4. The molecule has 2 aliphatic heterocycles. The second-order valence-corrected chi connectivity index (χ2v) is 10.3. The molecule has 5 rings (SSSR count). The molecular formula is C31H44F2N8O6. The number of hydrogen-bond donors (Lipinski definition) is 2. The van der Waals surface area contributed by atoms with Crippen molar-refractivity contribution in [3.05, 3.63) is 54.1 Å². The predicted molar refractivity (Wildman–Crippen MR) is 173 cm³/mol. The first-order chi connectivity index (χ1) is 22.7. The SMILES string of the molecule is CCCC.CNCC(=O)N1CCN(c2c(F)cc(N3CC(CNC=O)OC3=O)cc2F)CC1.COC.O=Cc1cn2cccnc2n1. The summed E-state index contributed by atoms with van der Waals surface area (Å²) in [6, 6.07) is 3.96. The quantitative estimate of drug-likeness (QED) is 0.327. The van der Waals surface area contributed by atoms with Gasteiger partial charge in [0.2, 0.25) is 18.1 Å². The number of aromatic nitrogens is 3. The molecule has 4 heterocycles. The normalized spacial score (nSPS) is 15.3. The van der Waals surface area contributed by atoms with Gasteiger partial charge in [0, 0.05) is 71.1 Å². The topological polar surface area (TPSA) is 151 Å². The molecule has 0 bridgehead atoms. The number of nitrogens with one attached hydrogen (secondary N) is 2. The number of likely N-dealkylation sites (N-methyl/N-ethyl adjacent to an activating group) is 1. The van der Waals surface area contributed by atoms with Crippen LogP contribution in [0, 0.1) is 11.6 Å². The number of fused-ring (bicyclic) bond motifs is 1. The smallest absolute Gasteiger partial charge is 0.414 e. The lowest BCUT2D eigenvalue weighted by Gasteiger charge is -2.36. The lowest BCUT2D eigenvalue weighted by atomic mass is 10.2. The first-order valence-corrected chi connectivity index (χ1v) is 15.1. The third-order valence-corrected chi connectivity index (χ3v) is 6.77. The Morgan fingerprint density at radius 1 is 1.11 bits per heavy atom. The van der Waals surface area contributed by atoms with Gasteiger partial charge in [-0.15, -0.1) is 0 Å². The van der Waals surface area contributed by atoms with Crippen LogP contribution in [0.1, 0.15) is 37.2 Å². The van der Waals surface area contributed by atoms with Crippen LogP contribution < -0.4 is 20.4 Å². The van der Waals surface area contributed by atoms with Crippen molar-refractivity contribution in [2.24, 2.45) is 0 Å². The number of benzene rings is 1. The fourth-order valence-corrected chi connectivity index (χ4v) is 4.38. The highest BCUT2D eigenvalue weighted by Crippen LogP contribution is 2.31. The number of amides is 3. The first-order valence-electron chi connectivity index (χ1n) is 15.1. The molecule has 0 saturated carbocycles. The molecule has 1 unspecified atom stereocenters. The summed E-state index contributed by atoms with van der Waals surface area (Å²) in [5.74, 6) is -1.10. The molecular weight excluding hydrogens is 618 g/mol. The van der Waals surface area contributed by atoms with Crippen molar-refractivity contribution in [2.75, 3.05) is 76.9 Å². The molecule has 0 spiro atoms. The number of cyclic esters (lactones) is 1. The minimum absolute atomic E-state index is 0.0465. The van der Waals surface area contributed by atoms with Gasteiger partial charge in [-0.3, -0.25) is 23.7 Å². The summed E-state index contributed by atoms with van der Waals surface area (Å²) in [7, 11) is 4.93. The molecule has 3 aromatic rings. The molecule has 16 heteroatoms. The molecule has 14 nitrogen and oxygen atoms in total. The summed E-state index contributed by atoms with van der Waals surface area (Å²) >= 11 is 0. The van der Waals surface area contributed by atoms with Crippen LogP contribution in [-0.2, 0) is 19.1 Å². The van der Waals surface area contributed by atoms with Crippen molar-refractivity contribution in [3.63, 3.8) is 0 Å².